The molecule has 0 bridgehead atoms. The molecule has 3 rings (SSSR count). The van der Waals surface area contributed by atoms with Gasteiger partial charge in [-0.2, -0.15) is 0 Å². The minimum absolute atomic E-state index is 0. The van der Waals surface area contributed by atoms with Gasteiger partial charge in [0, 0.05) is 37.3 Å². The molecule has 0 unspecified atom stereocenters. The van der Waals surface area contributed by atoms with Crippen molar-refractivity contribution in [2.75, 3.05) is 26.2 Å². The zero-order valence-electron chi connectivity index (χ0n) is 11.0. The molecule has 1 aromatic carbocycles. The fraction of sp³-hybridized carbons (Fsp3) is 0.429. The zero-order valence-corrected chi connectivity index (χ0v) is 11.9. The summed E-state index contributed by atoms with van der Waals surface area (Å²) < 4.78 is 0. The largest absolute Gasteiger partial charge is 0.366 e. The van der Waals surface area contributed by atoms with E-state index >= 15 is 0 Å². The van der Waals surface area contributed by atoms with Gasteiger partial charge in [0.1, 0.15) is 0 Å². The van der Waals surface area contributed by atoms with E-state index in [1.165, 1.54) is 0 Å². The molecule has 5 nitrogen and oxygen atoms in total. The van der Waals surface area contributed by atoms with Crippen LogP contribution < -0.4 is 11.1 Å². The average Bonchev–Trinajstić information content (AvgIpc) is 2.98. The van der Waals surface area contributed by atoms with Crippen molar-refractivity contribution in [3.05, 3.63) is 35.4 Å². The number of amides is 2. The highest BCUT2D eigenvalue weighted by molar-refractivity contribution is 5.97. The van der Waals surface area contributed by atoms with Gasteiger partial charge in [0.25, 0.3) is 5.91 Å². The first kappa shape index (κ1) is 14.8. The van der Waals surface area contributed by atoms with Crippen molar-refractivity contribution in [2.45, 2.75) is 0 Å². The number of primary amides is 1. The molecule has 6 heteroatoms. The van der Waals surface area contributed by atoms with Crippen molar-refractivity contribution in [3.8, 4) is 0 Å². The SMILES string of the molecule is Cl.NC(=O)c1ccc(C(=O)N2C[C@H]3CNC[C@H]3C2)cc1. The van der Waals surface area contributed by atoms with Gasteiger partial charge in [-0.1, -0.05) is 0 Å². The van der Waals surface area contributed by atoms with E-state index in [1.54, 1.807) is 24.3 Å². The number of benzene rings is 1. The second-order valence-corrected chi connectivity index (χ2v) is 5.33. The van der Waals surface area contributed by atoms with Crippen LogP contribution in [0.15, 0.2) is 24.3 Å². The van der Waals surface area contributed by atoms with Gasteiger partial charge < -0.3 is 16.0 Å². The molecule has 2 heterocycles. The summed E-state index contributed by atoms with van der Waals surface area (Å²) in [7, 11) is 0. The lowest BCUT2D eigenvalue weighted by Gasteiger charge is -2.17. The molecule has 2 aliphatic rings. The van der Waals surface area contributed by atoms with E-state index in [0.29, 0.717) is 23.0 Å². The summed E-state index contributed by atoms with van der Waals surface area (Å²) in [5, 5.41) is 3.35. The van der Waals surface area contributed by atoms with Gasteiger partial charge in [-0.25, -0.2) is 0 Å². The zero-order chi connectivity index (χ0) is 13.4. The Hall–Kier alpha value is -1.59. The summed E-state index contributed by atoms with van der Waals surface area (Å²) in [5.41, 5.74) is 6.24. The fourth-order valence-electron chi connectivity index (χ4n) is 2.98. The Bertz CT molecular complexity index is 506. The van der Waals surface area contributed by atoms with Gasteiger partial charge in [-0.05, 0) is 36.1 Å². The molecule has 0 spiro atoms. The van der Waals surface area contributed by atoms with E-state index in [1.807, 2.05) is 4.90 Å². The predicted octanol–water partition coefficient (Wildman–Crippen LogP) is 0.499. The Morgan fingerprint density at radius 3 is 2.05 bits per heavy atom. The molecular weight excluding hydrogens is 278 g/mol. The number of fused-ring (bicyclic) bond motifs is 1. The lowest BCUT2D eigenvalue weighted by atomic mass is 10.0. The van der Waals surface area contributed by atoms with Crippen LogP contribution in [0, 0.1) is 11.8 Å². The molecule has 3 N–H and O–H groups in total. The molecule has 0 saturated carbocycles. The van der Waals surface area contributed by atoms with Crippen LogP contribution in [0.3, 0.4) is 0 Å². The van der Waals surface area contributed by atoms with Crippen LogP contribution in [-0.4, -0.2) is 42.9 Å². The lowest BCUT2D eigenvalue weighted by molar-refractivity contribution is 0.0781. The van der Waals surface area contributed by atoms with Gasteiger partial charge in [-0.3, -0.25) is 9.59 Å². The number of halogens is 1. The molecule has 0 radical (unpaired) electrons. The number of hydrogen-bond donors (Lipinski definition) is 2. The maximum Gasteiger partial charge on any atom is 0.253 e. The van der Waals surface area contributed by atoms with Crippen molar-refractivity contribution in [2.24, 2.45) is 17.6 Å². The first-order chi connectivity index (χ1) is 9.15. The van der Waals surface area contributed by atoms with E-state index in [-0.39, 0.29) is 18.3 Å². The van der Waals surface area contributed by atoms with E-state index in [9.17, 15) is 9.59 Å². The van der Waals surface area contributed by atoms with Crippen LogP contribution in [0.1, 0.15) is 20.7 Å². The molecule has 2 atom stereocenters. The van der Waals surface area contributed by atoms with Crippen LogP contribution in [0.25, 0.3) is 0 Å². The van der Waals surface area contributed by atoms with Gasteiger partial charge in [0.05, 0.1) is 0 Å². The first-order valence-electron chi connectivity index (χ1n) is 6.55. The quantitative estimate of drug-likeness (QED) is 0.834. The van der Waals surface area contributed by atoms with Crippen LogP contribution in [0.5, 0.6) is 0 Å². The second kappa shape index (κ2) is 5.81. The van der Waals surface area contributed by atoms with Gasteiger partial charge in [0.2, 0.25) is 5.91 Å². The summed E-state index contributed by atoms with van der Waals surface area (Å²) in [6.07, 6.45) is 0. The maximum absolute atomic E-state index is 12.3. The average molecular weight is 296 g/mol. The molecule has 108 valence electrons. The molecule has 2 aliphatic heterocycles. The number of likely N-dealkylation sites (tertiary alicyclic amines) is 1. The highest BCUT2D eigenvalue weighted by Gasteiger charge is 2.38. The second-order valence-electron chi connectivity index (χ2n) is 5.33. The van der Waals surface area contributed by atoms with Crippen molar-refractivity contribution in [1.29, 1.82) is 0 Å². The third kappa shape index (κ3) is 2.64. The third-order valence-corrected chi connectivity index (χ3v) is 4.09. The van der Waals surface area contributed by atoms with Crippen molar-refractivity contribution < 1.29 is 9.59 Å². The number of nitrogens with two attached hydrogens (primary N) is 1. The van der Waals surface area contributed by atoms with E-state index < -0.39 is 5.91 Å². The first-order valence-corrected chi connectivity index (χ1v) is 6.55. The highest BCUT2D eigenvalue weighted by atomic mass is 35.5. The fourth-order valence-corrected chi connectivity index (χ4v) is 2.98. The summed E-state index contributed by atoms with van der Waals surface area (Å²) in [5.74, 6) is 0.758. The Kier molecular flexibility index (Phi) is 4.30. The Morgan fingerprint density at radius 2 is 1.55 bits per heavy atom. The Balaban J connectivity index is 0.00000147. The van der Waals surface area contributed by atoms with Crippen LogP contribution in [-0.2, 0) is 0 Å². The number of hydrogen-bond acceptors (Lipinski definition) is 3. The van der Waals surface area contributed by atoms with E-state index in [2.05, 4.69) is 5.32 Å². The standard InChI is InChI=1S/C14H17N3O2.ClH/c15-13(18)9-1-3-10(4-2-9)14(19)17-7-11-5-16-6-12(11)8-17;/h1-4,11-12,16H,5-8H2,(H2,15,18);1H/t11-,12+;. The van der Waals surface area contributed by atoms with E-state index in [4.69, 9.17) is 5.73 Å². The summed E-state index contributed by atoms with van der Waals surface area (Å²) >= 11 is 0. The minimum Gasteiger partial charge on any atom is -0.366 e. The minimum atomic E-state index is -0.472. The molecule has 20 heavy (non-hydrogen) atoms. The molecule has 2 saturated heterocycles. The Morgan fingerprint density at radius 1 is 1.05 bits per heavy atom. The van der Waals surface area contributed by atoms with Gasteiger partial charge >= 0.3 is 0 Å². The van der Waals surface area contributed by atoms with Gasteiger partial charge in [0.15, 0.2) is 0 Å². The summed E-state index contributed by atoms with van der Waals surface area (Å²) in [4.78, 5) is 25.3. The number of rotatable bonds is 2. The monoisotopic (exact) mass is 295 g/mol. The topological polar surface area (TPSA) is 75.4 Å². The smallest absolute Gasteiger partial charge is 0.253 e. The number of carbonyl (C=O) groups excluding carboxylic acids is 2. The third-order valence-electron chi connectivity index (χ3n) is 4.09. The molecule has 2 amide bonds. The number of nitrogens with zero attached hydrogens (tertiary/aromatic N) is 1. The van der Waals surface area contributed by atoms with Crippen LogP contribution in [0.2, 0.25) is 0 Å². The molecule has 0 aliphatic carbocycles. The summed E-state index contributed by atoms with van der Waals surface area (Å²) in [6, 6.07) is 6.56. The summed E-state index contributed by atoms with van der Waals surface area (Å²) in [6.45, 7) is 3.67. The lowest BCUT2D eigenvalue weighted by Crippen LogP contribution is -2.31. The number of nitrogens with one attached hydrogen (secondary N) is 1. The highest BCUT2D eigenvalue weighted by Crippen LogP contribution is 2.27. The van der Waals surface area contributed by atoms with Gasteiger partial charge in [-0.15, -0.1) is 12.4 Å². The maximum atomic E-state index is 12.3. The van der Waals surface area contributed by atoms with Crippen molar-refractivity contribution in [1.82, 2.24) is 10.2 Å². The Labute approximate surface area is 123 Å². The van der Waals surface area contributed by atoms with Crippen molar-refractivity contribution in [3.63, 3.8) is 0 Å². The molecule has 2 fully saturated rings. The predicted molar refractivity (Wildman–Crippen MR) is 78.0 cm³/mol. The van der Waals surface area contributed by atoms with Crippen LogP contribution in [0.4, 0.5) is 0 Å². The van der Waals surface area contributed by atoms with Crippen LogP contribution >= 0.6 is 12.4 Å². The van der Waals surface area contributed by atoms with Crippen molar-refractivity contribution >= 4 is 24.2 Å². The number of carbonyl (C=O) groups is 2. The molecule has 0 aromatic heterocycles. The molecular formula is C14H18ClN3O2. The van der Waals surface area contributed by atoms with E-state index in [0.717, 1.165) is 26.2 Å². The molecule has 1 aromatic rings. The normalized spacial score (nSPS) is 24.1.